The van der Waals surface area contributed by atoms with Crippen LogP contribution in [0.25, 0.3) is 0 Å². The lowest BCUT2D eigenvalue weighted by atomic mass is 10.00. The van der Waals surface area contributed by atoms with Crippen LogP contribution in [0.1, 0.15) is 13.3 Å². The summed E-state index contributed by atoms with van der Waals surface area (Å²) in [5.41, 5.74) is 6.23. The lowest BCUT2D eigenvalue weighted by Crippen LogP contribution is -2.50. The van der Waals surface area contributed by atoms with Crippen molar-refractivity contribution in [3.63, 3.8) is 0 Å². The van der Waals surface area contributed by atoms with Crippen LogP contribution in [0.4, 0.5) is 0 Å². The van der Waals surface area contributed by atoms with E-state index in [4.69, 9.17) is 10.5 Å². The van der Waals surface area contributed by atoms with E-state index >= 15 is 0 Å². The molecule has 4 nitrogen and oxygen atoms in total. The molecule has 2 saturated heterocycles. The smallest absolute Gasteiger partial charge is 0.0659 e. The van der Waals surface area contributed by atoms with Gasteiger partial charge in [0.05, 0.1) is 12.1 Å². The van der Waals surface area contributed by atoms with Crippen LogP contribution < -0.4 is 5.73 Å². The van der Waals surface area contributed by atoms with Gasteiger partial charge in [0.1, 0.15) is 0 Å². The molecule has 2 fully saturated rings. The topological polar surface area (TPSA) is 41.7 Å². The van der Waals surface area contributed by atoms with Gasteiger partial charge in [-0.1, -0.05) is 6.92 Å². The molecule has 16 heavy (non-hydrogen) atoms. The highest BCUT2D eigenvalue weighted by Crippen LogP contribution is 2.24. The predicted molar refractivity (Wildman–Crippen MR) is 65.4 cm³/mol. The molecule has 0 saturated carbocycles. The predicted octanol–water partition coefficient (Wildman–Crippen LogP) is -0.0139. The Balaban J connectivity index is 1.88. The van der Waals surface area contributed by atoms with Gasteiger partial charge in [-0.15, -0.1) is 0 Å². The van der Waals surface area contributed by atoms with Crippen LogP contribution in [-0.2, 0) is 4.74 Å². The van der Waals surface area contributed by atoms with Gasteiger partial charge in [0.15, 0.2) is 0 Å². The van der Waals surface area contributed by atoms with Crippen molar-refractivity contribution in [1.29, 1.82) is 0 Å². The van der Waals surface area contributed by atoms with Gasteiger partial charge in [0.25, 0.3) is 0 Å². The number of likely N-dealkylation sites (tertiary alicyclic amines) is 1. The zero-order valence-corrected chi connectivity index (χ0v) is 10.8. The van der Waals surface area contributed by atoms with Gasteiger partial charge < -0.3 is 15.4 Å². The number of rotatable bonds is 3. The fraction of sp³-hybridized carbons (Fsp3) is 1.00. The Morgan fingerprint density at radius 1 is 1.44 bits per heavy atom. The molecule has 3 atom stereocenters. The summed E-state index contributed by atoms with van der Waals surface area (Å²) < 4.78 is 5.41. The molecule has 2 heterocycles. The third kappa shape index (κ3) is 2.56. The van der Waals surface area contributed by atoms with Crippen molar-refractivity contribution in [1.82, 2.24) is 9.80 Å². The third-order valence-corrected chi connectivity index (χ3v) is 3.98. The fourth-order valence-electron chi connectivity index (χ4n) is 3.04. The van der Waals surface area contributed by atoms with Crippen molar-refractivity contribution in [3.05, 3.63) is 0 Å². The van der Waals surface area contributed by atoms with E-state index in [2.05, 4.69) is 30.8 Å². The van der Waals surface area contributed by atoms with Crippen LogP contribution in [0.15, 0.2) is 0 Å². The molecule has 0 aromatic carbocycles. The first kappa shape index (κ1) is 12.3. The van der Waals surface area contributed by atoms with Crippen molar-refractivity contribution in [2.24, 2.45) is 11.7 Å². The third-order valence-electron chi connectivity index (χ3n) is 3.98. The molecule has 0 amide bonds. The van der Waals surface area contributed by atoms with Gasteiger partial charge in [0, 0.05) is 32.3 Å². The molecule has 4 heteroatoms. The normalized spacial score (nSPS) is 41.1. The van der Waals surface area contributed by atoms with Crippen LogP contribution in [0.5, 0.6) is 0 Å². The minimum absolute atomic E-state index is 0.0963. The number of nitrogens with two attached hydrogens (primary N) is 1. The summed E-state index contributed by atoms with van der Waals surface area (Å²) in [5, 5.41) is 0. The minimum atomic E-state index is -0.0963. The average Bonchev–Trinajstić information content (AvgIpc) is 2.73. The standard InChI is InChI=1S/C12H25N3O/c1-10-6-15(7-11(10)14(2)3)8-12(13)4-5-16-9-12/h10-11H,4-9,13H2,1-3H3. The molecule has 0 bridgehead atoms. The van der Waals surface area contributed by atoms with Crippen LogP contribution in [0.3, 0.4) is 0 Å². The SMILES string of the molecule is CC1CN(CC2(N)CCOC2)CC1N(C)C. The summed E-state index contributed by atoms with van der Waals surface area (Å²) in [5.74, 6) is 0.737. The van der Waals surface area contributed by atoms with Gasteiger partial charge in [-0.25, -0.2) is 0 Å². The highest BCUT2D eigenvalue weighted by molar-refractivity contribution is 4.95. The van der Waals surface area contributed by atoms with E-state index in [0.717, 1.165) is 38.6 Å². The summed E-state index contributed by atoms with van der Waals surface area (Å²) in [6.07, 6.45) is 1.00. The molecule has 0 aliphatic carbocycles. The Hall–Kier alpha value is -0.160. The molecule has 94 valence electrons. The summed E-state index contributed by atoms with van der Waals surface area (Å²) >= 11 is 0. The molecule has 0 aromatic rings. The maximum Gasteiger partial charge on any atom is 0.0659 e. The Kier molecular flexibility index (Phi) is 3.54. The van der Waals surface area contributed by atoms with E-state index in [0.29, 0.717) is 6.04 Å². The molecular formula is C12H25N3O. The molecule has 2 aliphatic heterocycles. The summed E-state index contributed by atoms with van der Waals surface area (Å²) in [7, 11) is 4.34. The minimum Gasteiger partial charge on any atom is -0.379 e. The fourth-order valence-corrected chi connectivity index (χ4v) is 3.04. The lowest BCUT2D eigenvalue weighted by molar-refractivity contribution is 0.158. The average molecular weight is 227 g/mol. The lowest BCUT2D eigenvalue weighted by Gasteiger charge is -2.28. The molecule has 2 N–H and O–H groups in total. The molecule has 0 aromatic heterocycles. The summed E-state index contributed by atoms with van der Waals surface area (Å²) in [4.78, 5) is 4.84. The number of hydrogen-bond donors (Lipinski definition) is 1. The molecule has 2 rings (SSSR count). The second kappa shape index (κ2) is 4.61. The van der Waals surface area contributed by atoms with Crippen molar-refractivity contribution in [3.8, 4) is 0 Å². The summed E-state index contributed by atoms with van der Waals surface area (Å²) in [6.45, 7) is 7.19. The molecule has 3 unspecified atom stereocenters. The Bertz CT molecular complexity index is 238. The van der Waals surface area contributed by atoms with Crippen LogP contribution in [0.2, 0.25) is 0 Å². The monoisotopic (exact) mass is 227 g/mol. The van der Waals surface area contributed by atoms with Crippen molar-refractivity contribution in [2.75, 3.05) is 46.9 Å². The van der Waals surface area contributed by atoms with E-state index in [1.165, 1.54) is 6.54 Å². The molecule has 0 spiro atoms. The first-order valence-corrected chi connectivity index (χ1v) is 6.26. The van der Waals surface area contributed by atoms with E-state index in [1.807, 2.05) is 0 Å². The van der Waals surface area contributed by atoms with E-state index in [-0.39, 0.29) is 5.54 Å². The Morgan fingerprint density at radius 2 is 2.19 bits per heavy atom. The number of nitrogens with zero attached hydrogens (tertiary/aromatic N) is 2. The summed E-state index contributed by atoms with van der Waals surface area (Å²) in [6, 6.07) is 0.672. The van der Waals surface area contributed by atoms with E-state index in [9.17, 15) is 0 Å². The van der Waals surface area contributed by atoms with Gasteiger partial charge >= 0.3 is 0 Å². The molecule has 0 radical (unpaired) electrons. The zero-order valence-electron chi connectivity index (χ0n) is 10.8. The van der Waals surface area contributed by atoms with Gasteiger partial charge in [-0.2, -0.15) is 0 Å². The van der Waals surface area contributed by atoms with Gasteiger partial charge in [-0.3, -0.25) is 4.90 Å². The number of likely N-dealkylation sites (N-methyl/N-ethyl adjacent to an activating group) is 1. The number of ether oxygens (including phenoxy) is 1. The van der Waals surface area contributed by atoms with Crippen LogP contribution in [-0.4, -0.2) is 68.3 Å². The van der Waals surface area contributed by atoms with Crippen molar-refractivity contribution >= 4 is 0 Å². The maximum absolute atomic E-state index is 6.33. The zero-order chi connectivity index (χ0) is 11.8. The molecular weight excluding hydrogens is 202 g/mol. The quantitative estimate of drug-likeness (QED) is 0.736. The van der Waals surface area contributed by atoms with E-state index in [1.54, 1.807) is 0 Å². The Morgan fingerprint density at radius 3 is 2.69 bits per heavy atom. The van der Waals surface area contributed by atoms with E-state index < -0.39 is 0 Å². The van der Waals surface area contributed by atoms with Crippen molar-refractivity contribution in [2.45, 2.75) is 24.9 Å². The van der Waals surface area contributed by atoms with Crippen molar-refractivity contribution < 1.29 is 4.74 Å². The Labute approximate surface area is 98.7 Å². The van der Waals surface area contributed by atoms with Gasteiger partial charge in [-0.05, 0) is 26.4 Å². The second-order valence-electron chi connectivity index (χ2n) is 5.87. The first-order chi connectivity index (χ1) is 7.50. The highest BCUT2D eigenvalue weighted by atomic mass is 16.5. The largest absolute Gasteiger partial charge is 0.379 e. The van der Waals surface area contributed by atoms with Crippen LogP contribution >= 0.6 is 0 Å². The highest BCUT2D eigenvalue weighted by Gasteiger charge is 2.37. The maximum atomic E-state index is 6.33. The second-order valence-corrected chi connectivity index (χ2v) is 5.87. The molecule has 2 aliphatic rings. The number of hydrogen-bond acceptors (Lipinski definition) is 4. The first-order valence-electron chi connectivity index (χ1n) is 6.26. The van der Waals surface area contributed by atoms with Gasteiger partial charge in [0.2, 0.25) is 0 Å². The van der Waals surface area contributed by atoms with Crippen LogP contribution in [0, 0.1) is 5.92 Å².